The molecular formula is C6H9F3O3S. The third-order valence-corrected chi connectivity index (χ3v) is 3.77. The lowest BCUT2D eigenvalue weighted by molar-refractivity contribution is -0.0462. The van der Waals surface area contributed by atoms with Crippen molar-refractivity contribution in [2.24, 2.45) is 0 Å². The molecule has 0 aliphatic carbocycles. The van der Waals surface area contributed by atoms with Gasteiger partial charge in [0.05, 0.1) is 11.9 Å². The fourth-order valence-electron chi connectivity index (χ4n) is 1.14. The van der Waals surface area contributed by atoms with Crippen LogP contribution in [-0.2, 0) is 14.6 Å². The van der Waals surface area contributed by atoms with E-state index in [2.05, 4.69) is 4.74 Å². The third kappa shape index (κ3) is 2.14. The Morgan fingerprint density at radius 3 is 2.31 bits per heavy atom. The fourth-order valence-corrected chi connectivity index (χ4v) is 2.28. The van der Waals surface area contributed by atoms with Crippen LogP contribution < -0.4 is 0 Å². The maximum atomic E-state index is 12.0. The van der Waals surface area contributed by atoms with E-state index in [4.69, 9.17) is 0 Å². The van der Waals surface area contributed by atoms with Crippen LogP contribution >= 0.6 is 0 Å². The first-order chi connectivity index (χ1) is 5.86. The lowest BCUT2D eigenvalue weighted by Gasteiger charge is -2.22. The molecule has 0 radical (unpaired) electrons. The molecule has 1 aliphatic rings. The lowest BCUT2D eigenvalue weighted by atomic mass is 10.2. The smallest absolute Gasteiger partial charge is 0.380 e. The fraction of sp³-hybridized carbons (Fsp3) is 1.00. The molecule has 1 atom stereocenters. The zero-order valence-electron chi connectivity index (χ0n) is 6.67. The van der Waals surface area contributed by atoms with E-state index in [1.807, 2.05) is 0 Å². The molecule has 1 heterocycles. The Kier molecular flexibility index (Phi) is 2.86. The molecule has 1 saturated heterocycles. The molecule has 78 valence electrons. The van der Waals surface area contributed by atoms with E-state index in [0.29, 0.717) is 13.0 Å². The van der Waals surface area contributed by atoms with E-state index in [-0.39, 0.29) is 13.0 Å². The molecule has 0 N–H and O–H groups in total. The molecule has 1 fully saturated rings. The van der Waals surface area contributed by atoms with Crippen molar-refractivity contribution in [2.45, 2.75) is 23.6 Å². The van der Waals surface area contributed by atoms with Crippen LogP contribution in [0.5, 0.6) is 0 Å². The van der Waals surface area contributed by atoms with Gasteiger partial charge in [0, 0.05) is 6.61 Å². The van der Waals surface area contributed by atoms with Crippen LogP contribution in [0.4, 0.5) is 13.2 Å². The Labute approximate surface area is 73.8 Å². The molecule has 1 rings (SSSR count). The summed E-state index contributed by atoms with van der Waals surface area (Å²) in [5.41, 5.74) is -5.15. The van der Waals surface area contributed by atoms with Gasteiger partial charge in [-0.3, -0.25) is 0 Å². The monoisotopic (exact) mass is 218 g/mol. The summed E-state index contributed by atoms with van der Waals surface area (Å²) in [6.07, 6.45) is 0.391. The molecular weight excluding hydrogens is 209 g/mol. The van der Waals surface area contributed by atoms with Crippen molar-refractivity contribution >= 4 is 9.84 Å². The first kappa shape index (κ1) is 10.8. The molecule has 0 amide bonds. The van der Waals surface area contributed by atoms with Gasteiger partial charge in [-0.1, -0.05) is 0 Å². The predicted molar refractivity (Wildman–Crippen MR) is 38.8 cm³/mol. The Balaban J connectivity index is 2.80. The van der Waals surface area contributed by atoms with Gasteiger partial charge in [-0.05, 0) is 12.8 Å². The summed E-state index contributed by atoms with van der Waals surface area (Å²) < 4.78 is 62.2. The third-order valence-electron chi connectivity index (χ3n) is 1.88. The van der Waals surface area contributed by atoms with Gasteiger partial charge in [0.2, 0.25) is 0 Å². The van der Waals surface area contributed by atoms with E-state index in [1.165, 1.54) is 0 Å². The summed E-state index contributed by atoms with van der Waals surface area (Å²) in [7, 11) is -5.02. The lowest BCUT2D eigenvalue weighted by Crippen LogP contribution is -2.39. The van der Waals surface area contributed by atoms with E-state index in [1.54, 1.807) is 0 Å². The van der Waals surface area contributed by atoms with Crippen molar-refractivity contribution in [3.63, 3.8) is 0 Å². The molecule has 1 aliphatic heterocycles. The van der Waals surface area contributed by atoms with Crippen molar-refractivity contribution in [2.75, 3.05) is 13.2 Å². The maximum Gasteiger partial charge on any atom is 0.497 e. The molecule has 3 nitrogen and oxygen atoms in total. The van der Waals surface area contributed by atoms with Crippen LogP contribution in [0.25, 0.3) is 0 Å². The van der Waals surface area contributed by atoms with Crippen LogP contribution in [-0.4, -0.2) is 32.4 Å². The SMILES string of the molecule is O=S(=O)(C1CCCOC1)C(F)(F)F. The number of hydrogen-bond donors (Lipinski definition) is 0. The standard InChI is InChI=1S/C6H9F3O3S/c7-6(8,9)13(10,11)5-2-1-3-12-4-5/h5H,1-4H2. The average molecular weight is 218 g/mol. The van der Waals surface area contributed by atoms with Crippen LogP contribution in [0.2, 0.25) is 0 Å². The minimum Gasteiger partial charge on any atom is -0.380 e. The van der Waals surface area contributed by atoms with Crippen LogP contribution in [0.3, 0.4) is 0 Å². The summed E-state index contributed by atoms with van der Waals surface area (Å²) >= 11 is 0. The summed E-state index contributed by atoms with van der Waals surface area (Å²) in [5, 5.41) is -1.42. The Morgan fingerprint density at radius 1 is 1.31 bits per heavy atom. The van der Waals surface area contributed by atoms with E-state index in [0.717, 1.165) is 0 Å². The Hall–Kier alpha value is -0.300. The minimum atomic E-state index is -5.15. The maximum absolute atomic E-state index is 12.0. The van der Waals surface area contributed by atoms with Crippen LogP contribution in [0, 0.1) is 0 Å². The highest BCUT2D eigenvalue weighted by atomic mass is 32.2. The summed E-state index contributed by atoms with van der Waals surface area (Å²) in [5.74, 6) is 0. The van der Waals surface area contributed by atoms with E-state index < -0.39 is 20.6 Å². The van der Waals surface area contributed by atoms with Gasteiger partial charge < -0.3 is 4.74 Å². The van der Waals surface area contributed by atoms with Gasteiger partial charge >= 0.3 is 5.51 Å². The molecule has 0 bridgehead atoms. The molecule has 0 aromatic rings. The molecule has 1 unspecified atom stereocenters. The number of ether oxygens (including phenoxy) is 1. The normalized spacial score (nSPS) is 25.9. The van der Waals surface area contributed by atoms with Crippen LogP contribution in [0.1, 0.15) is 12.8 Å². The quantitative estimate of drug-likeness (QED) is 0.662. The number of sulfone groups is 1. The highest BCUT2D eigenvalue weighted by Gasteiger charge is 2.50. The van der Waals surface area contributed by atoms with Crippen molar-refractivity contribution in [3.05, 3.63) is 0 Å². The van der Waals surface area contributed by atoms with Gasteiger partial charge in [0.25, 0.3) is 9.84 Å². The minimum absolute atomic E-state index is 0.0296. The van der Waals surface area contributed by atoms with E-state index >= 15 is 0 Å². The predicted octanol–water partition coefficient (Wildman–Crippen LogP) is 1.10. The first-order valence-electron chi connectivity index (χ1n) is 3.73. The molecule has 0 aromatic carbocycles. The second-order valence-electron chi connectivity index (χ2n) is 2.83. The Morgan fingerprint density at radius 2 is 1.92 bits per heavy atom. The second kappa shape index (κ2) is 3.45. The largest absolute Gasteiger partial charge is 0.497 e. The van der Waals surface area contributed by atoms with Gasteiger partial charge in [0.15, 0.2) is 0 Å². The summed E-state index contributed by atoms with van der Waals surface area (Å²) in [6, 6.07) is 0. The van der Waals surface area contributed by atoms with Crippen molar-refractivity contribution < 1.29 is 26.3 Å². The number of alkyl halides is 3. The number of hydrogen-bond acceptors (Lipinski definition) is 3. The number of rotatable bonds is 1. The van der Waals surface area contributed by atoms with Crippen molar-refractivity contribution in [1.29, 1.82) is 0 Å². The molecule has 0 aromatic heterocycles. The van der Waals surface area contributed by atoms with Crippen molar-refractivity contribution in [1.82, 2.24) is 0 Å². The van der Waals surface area contributed by atoms with Crippen molar-refractivity contribution in [3.8, 4) is 0 Å². The summed E-state index contributed by atoms with van der Waals surface area (Å²) in [4.78, 5) is 0. The highest BCUT2D eigenvalue weighted by Crippen LogP contribution is 2.30. The van der Waals surface area contributed by atoms with Gasteiger partial charge in [0.1, 0.15) is 0 Å². The van der Waals surface area contributed by atoms with Crippen LogP contribution in [0.15, 0.2) is 0 Å². The topological polar surface area (TPSA) is 43.4 Å². The number of halogens is 3. The average Bonchev–Trinajstić information content (AvgIpc) is 2.04. The molecule has 0 spiro atoms. The zero-order valence-corrected chi connectivity index (χ0v) is 7.49. The van der Waals surface area contributed by atoms with Gasteiger partial charge in [-0.2, -0.15) is 13.2 Å². The molecule has 0 saturated carbocycles. The van der Waals surface area contributed by atoms with E-state index in [9.17, 15) is 21.6 Å². The Bertz CT molecular complexity index is 263. The molecule has 13 heavy (non-hydrogen) atoms. The highest BCUT2D eigenvalue weighted by molar-refractivity contribution is 7.92. The first-order valence-corrected chi connectivity index (χ1v) is 5.28. The molecule has 7 heteroatoms. The van der Waals surface area contributed by atoms with Gasteiger partial charge in [-0.25, -0.2) is 8.42 Å². The van der Waals surface area contributed by atoms with Gasteiger partial charge in [-0.15, -0.1) is 0 Å². The zero-order chi connectivity index (χ0) is 10.1. The summed E-state index contributed by atoms with van der Waals surface area (Å²) in [6.45, 7) is -0.00821. The second-order valence-corrected chi connectivity index (χ2v) is 5.05.